The molecule has 1 unspecified atom stereocenters. The molecule has 0 fully saturated rings. The Balaban J connectivity index is 2.08. The van der Waals surface area contributed by atoms with E-state index in [1.54, 1.807) is 32.0 Å². The van der Waals surface area contributed by atoms with Crippen LogP contribution in [0, 0.1) is 6.92 Å². The highest BCUT2D eigenvalue weighted by Crippen LogP contribution is 2.25. The van der Waals surface area contributed by atoms with Crippen molar-refractivity contribution < 1.29 is 14.7 Å². The molecule has 146 valence electrons. The Bertz CT molecular complexity index is 1150. The second-order valence-electron chi connectivity index (χ2n) is 6.27. The number of benzene rings is 1. The Morgan fingerprint density at radius 3 is 2.75 bits per heavy atom. The van der Waals surface area contributed by atoms with Crippen LogP contribution in [0.4, 0.5) is 5.69 Å². The molecule has 3 rings (SSSR count). The molecule has 1 atom stereocenters. The highest BCUT2D eigenvalue weighted by molar-refractivity contribution is 7.17. The minimum atomic E-state index is -1.20. The first-order valence-corrected chi connectivity index (χ1v) is 9.83. The Morgan fingerprint density at radius 1 is 1.39 bits per heavy atom. The van der Waals surface area contributed by atoms with Gasteiger partial charge in [-0.05, 0) is 31.5 Å². The molecule has 2 N–H and O–H groups in total. The lowest BCUT2D eigenvalue weighted by molar-refractivity contribution is -0.118. The molecule has 3 aromatic rings. The summed E-state index contributed by atoms with van der Waals surface area (Å²) in [7, 11) is 0. The number of aromatic nitrogens is 2. The van der Waals surface area contributed by atoms with Crippen molar-refractivity contribution in [1.29, 1.82) is 0 Å². The number of hydrogen-bond donors (Lipinski definition) is 2. The average Bonchev–Trinajstić information content (AvgIpc) is 3.09. The zero-order valence-corrected chi connectivity index (χ0v) is 17.0. The number of amides is 1. The van der Waals surface area contributed by atoms with Gasteiger partial charge in [0.05, 0.1) is 10.9 Å². The highest BCUT2D eigenvalue weighted by Gasteiger charge is 2.25. The topological polar surface area (TPSA) is 101 Å². The number of carboxylic acid groups (broad SMARTS) is 1. The van der Waals surface area contributed by atoms with E-state index in [2.05, 4.69) is 10.3 Å². The van der Waals surface area contributed by atoms with Crippen LogP contribution in [0.3, 0.4) is 0 Å². The number of carbonyl (C=O) groups excluding carboxylic acids is 1. The lowest BCUT2D eigenvalue weighted by atomic mass is 10.1. The van der Waals surface area contributed by atoms with Crippen molar-refractivity contribution >= 4 is 50.7 Å². The summed E-state index contributed by atoms with van der Waals surface area (Å²) in [6.45, 7) is 5.18. The number of nitrogens with zero attached hydrogens (tertiary/aromatic N) is 2. The Hall–Kier alpha value is -2.71. The van der Waals surface area contributed by atoms with Gasteiger partial charge < -0.3 is 10.4 Å². The first-order chi connectivity index (χ1) is 13.3. The molecule has 2 heterocycles. The highest BCUT2D eigenvalue weighted by atomic mass is 35.5. The summed E-state index contributed by atoms with van der Waals surface area (Å²) in [5, 5.41) is 14.1. The molecule has 0 aliphatic carbocycles. The third-order valence-corrected chi connectivity index (χ3v) is 5.83. The predicted octanol–water partition coefficient (Wildman–Crippen LogP) is 3.88. The maximum atomic E-state index is 13.1. The number of fused-ring (bicyclic) bond motifs is 1. The quantitative estimate of drug-likeness (QED) is 0.653. The number of anilines is 1. The molecule has 0 aliphatic rings. The number of halogens is 1. The zero-order valence-electron chi connectivity index (χ0n) is 15.4. The van der Waals surface area contributed by atoms with Crippen LogP contribution in [-0.4, -0.2) is 26.5 Å². The summed E-state index contributed by atoms with van der Waals surface area (Å²) < 4.78 is 1.26. The number of rotatable bonds is 5. The molecule has 0 saturated carbocycles. The van der Waals surface area contributed by atoms with Crippen molar-refractivity contribution in [3.8, 4) is 0 Å². The molecule has 9 heteroatoms. The van der Waals surface area contributed by atoms with E-state index in [9.17, 15) is 19.5 Å². The van der Waals surface area contributed by atoms with Crippen LogP contribution < -0.4 is 10.9 Å². The standard InChI is InChI=1S/C19H18ClN3O4S/c1-4-14-22-17-15(11(8-28-17)19(26)27)18(25)23(14)10(3)16(24)21-13-7-5-6-12(20)9(13)2/h5-8,10H,4H2,1-3H3,(H,21,24)(H,26,27). The van der Waals surface area contributed by atoms with E-state index in [4.69, 9.17) is 11.6 Å². The van der Waals surface area contributed by atoms with Crippen LogP contribution in [-0.2, 0) is 11.2 Å². The van der Waals surface area contributed by atoms with Crippen LogP contribution in [0.15, 0.2) is 28.4 Å². The molecular weight excluding hydrogens is 402 g/mol. The molecule has 0 spiro atoms. The van der Waals surface area contributed by atoms with Gasteiger partial charge in [0.15, 0.2) is 0 Å². The fraction of sp³-hybridized carbons (Fsp3) is 0.263. The van der Waals surface area contributed by atoms with Gasteiger partial charge in [-0.2, -0.15) is 0 Å². The molecule has 7 nitrogen and oxygen atoms in total. The van der Waals surface area contributed by atoms with Crippen LogP contribution in [0.2, 0.25) is 5.02 Å². The molecular formula is C19H18ClN3O4S. The monoisotopic (exact) mass is 419 g/mol. The van der Waals surface area contributed by atoms with Crippen LogP contribution >= 0.6 is 22.9 Å². The van der Waals surface area contributed by atoms with Gasteiger partial charge in [-0.1, -0.05) is 24.6 Å². The summed E-state index contributed by atoms with van der Waals surface area (Å²) in [6, 6.07) is 4.27. The van der Waals surface area contributed by atoms with E-state index >= 15 is 0 Å². The maximum Gasteiger partial charge on any atom is 0.337 e. The van der Waals surface area contributed by atoms with Gasteiger partial charge >= 0.3 is 5.97 Å². The van der Waals surface area contributed by atoms with E-state index in [-0.39, 0.29) is 10.9 Å². The molecule has 0 bridgehead atoms. The molecule has 28 heavy (non-hydrogen) atoms. The van der Waals surface area contributed by atoms with Crippen molar-refractivity contribution in [2.75, 3.05) is 5.32 Å². The third kappa shape index (κ3) is 3.41. The number of hydrogen-bond acceptors (Lipinski definition) is 5. The smallest absolute Gasteiger partial charge is 0.337 e. The second-order valence-corrected chi connectivity index (χ2v) is 7.53. The normalized spacial score (nSPS) is 12.1. The van der Waals surface area contributed by atoms with Crippen molar-refractivity contribution in [3.05, 3.63) is 55.9 Å². The van der Waals surface area contributed by atoms with Gasteiger partial charge in [0.25, 0.3) is 5.56 Å². The largest absolute Gasteiger partial charge is 0.478 e. The number of carboxylic acids is 1. The number of aromatic carboxylic acids is 1. The Kier molecular flexibility index (Phi) is 5.53. The van der Waals surface area contributed by atoms with Gasteiger partial charge in [0, 0.05) is 22.5 Å². The van der Waals surface area contributed by atoms with Gasteiger partial charge in [0.1, 0.15) is 16.7 Å². The summed E-state index contributed by atoms with van der Waals surface area (Å²) in [5.41, 5.74) is 0.622. The fourth-order valence-electron chi connectivity index (χ4n) is 2.95. The number of thiophene rings is 1. The van der Waals surface area contributed by atoms with Gasteiger partial charge in [-0.3, -0.25) is 14.2 Å². The van der Waals surface area contributed by atoms with Crippen molar-refractivity contribution in [1.82, 2.24) is 9.55 Å². The van der Waals surface area contributed by atoms with E-state index in [1.807, 2.05) is 6.92 Å². The van der Waals surface area contributed by atoms with E-state index in [1.165, 1.54) is 9.95 Å². The molecule has 0 saturated heterocycles. The Morgan fingerprint density at radius 2 is 2.11 bits per heavy atom. The lowest BCUT2D eigenvalue weighted by Gasteiger charge is -2.19. The average molecular weight is 420 g/mol. The van der Waals surface area contributed by atoms with Crippen molar-refractivity contribution in [2.45, 2.75) is 33.2 Å². The molecule has 2 aromatic heterocycles. The first kappa shape index (κ1) is 20.0. The number of carbonyl (C=O) groups is 2. The second kappa shape index (κ2) is 7.73. The van der Waals surface area contributed by atoms with E-state index in [0.29, 0.717) is 33.3 Å². The number of aryl methyl sites for hydroxylation is 1. The molecule has 0 radical (unpaired) electrons. The van der Waals surface area contributed by atoms with Crippen LogP contribution in [0.5, 0.6) is 0 Å². The third-order valence-electron chi connectivity index (χ3n) is 4.55. The van der Waals surface area contributed by atoms with Crippen LogP contribution in [0.25, 0.3) is 10.2 Å². The minimum absolute atomic E-state index is 0.0216. The lowest BCUT2D eigenvalue weighted by Crippen LogP contribution is -2.34. The zero-order chi connectivity index (χ0) is 20.6. The fourth-order valence-corrected chi connectivity index (χ4v) is 4.04. The molecule has 1 aromatic carbocycles. The summed E-state index contributed by atoms with van der Waals surface area (Å²) >= 11 is 7.20. The van der Waals surface area contributed by atoms with Gasteiger partial charge in [-0.25, -0.2) is 9.78 Å². The van der Waals surface area contributed by atoms with Gasteiger partial charge in [-0.15, -0.1) is 11.3 Å². The first-order valence-electron chi connectivity index (χ1n) is 8.58. The molecule has 0 aliphatic heterocycles. The summed E-state index contributed by atoms with van der Waals surface area (Å²) in [4.78, 5) is 42.1. The predicted molar refractivity (Wildman–Crippen MR) is 110 cm³/mol. The Labute approximate surface area is 169 Å². The SMILES string of the molecule is CCc1nc2scc(C(=O)O)c2c(=O)n1C(C)C(=O)Nc1cccc(Cl)c1C. The van der Waals surface area contributed by atoms with Gasteiger partial charge in [0.2, 0.25) is 5.91 Å². The van der Waals surface area contributed by atoms with Crippen molar-refractivity contribution in [3.63, 3.8) is 0 Å². The van der Waals surface area contributed by atoms with Crippen LogP contribution in [0.1, 0.15) is 41.6 Å². The van der Waals surface area contributed by atoms with E-state index < -0.39 is 23.5 Å². The number of nitrogens with one attached hydrogen (secondary N) is 1. The summed E-state index contributed by atoms with van der Waals surface area (Å²) in [5.74, 6) is -1.20. The summed E-state index contributed by atoms with van der Waals surface area (Å²) in [6.07, 6.45) is 0.416. The maximum absolute atomic E-state index is 13.1. The molecule has 1 amide bonds. The van der Waals surface area contributed by atoms with E-state index in [0.717, 1.165) is 11.3 Å². The minimum Gasteiger partial charge on any atom is -0.478 e. The van der Waals surface area contributed by atoms with Crippen molar-refractivity contribution in [2.24, 2.45) is 0 Å².